The first-order chi connectivity index (χ1) is 8.03. The first-order valence-corrected chi connectivity index (χ1v) is 5.86. The fraction of sp³-hybridized carbons (Fsp3) is 0.909. The van der Waals surface area contributed by atoms with Gasteiger partial charge in [0.05, 0.1) is 0 Å². The van der Waals surface area contributed by atoms with Gasteiger partial charge in [0.1, 0.15) is 6.04 Å². The third-order valence-corrected chi connectivity index (χ3v) is 3.07. The van der Waals surface area contributed by atoms with Crippen molar-refractivity contribution in [1.82, 2.24) is 10.2 Å². The van der Waals surface area contributed by atoms with E-state index in [9.17, 15) is 23.1 Å². The van der Waals surface area contributed by atoms with Crippen LogP contribution in [0.5, 0.6) is 0 Å². The van der Waals surface area contributed by atoms with Crippen molar-refractivity contribution in [3.63, 3.8) is 0 Å². The number of carbonyl (C=O) groups is 1. The summed E-state index contributed by atoms with van der Waals surface area (Å²) in [6.45, 7) is 5.23. The molecule has 0 aromatic carbocycles. The second-order valence-corrected chi connectivity index (χ2v) is 5.55. The molecule has 0 saturated carbocycles. The van der Waals surface area contributed by atoms with Crippen molar-refractivity contribution in [2.75, 3.05) is 6.54 Å². The van der Waals surface area contributed by atoms with Gasteiger partial charge in [-0.25, -0.2) is 4.79 Å². The number of hydrogen-bond donors (Lipinski definition) is 2. The van der Waals surface area contributed by atoms with E-state index in [0.29, 0.717) is 6.42 Å². The summed E-state index contributed by atoms with van der Waals surface area (Å²) in [5.74, 6) is 0. The van der Waals surface area contributed by atoms with Gasteiger partial charge in [-0.1, -0.05) is 0 Å². The Morgan fingerprint density at radius 1 is 1.33 bits per heavy atom. The Morgan fingerprint density at radius 3 is 2.28 bits per heavy atom. The van der Waals surface area contributed by atoms with Crippen LogP contribution in [0.25, 0.3) is 0 Å². The summed E-state index contributed by atoms with van der Waals surface area (Å²) in [4.78, 5) is 12.4. The quantitative estimate of drug-likeness (QED) is 0.768. The third-order valence-electron chi connectivity index (χ3n) is 3.07. The molecule has 0 aliphatic carbocycles. The van der Waals surface area contributed by atoms with Crippen molar-refractivity contribution in [3.8, 4) is 0 Å². The van der Waals surface area contributed by atoms with E-state index in [1.807, 2.05) is 0 Å². The van der Waals surface area contributed by atoms with Crippen LogP contribution in [0.1, 0.15) is 33.6 Å². The summed E-state index contributed by atoms with van der Waals surface area (Å²) >= 11 is 0. The average Bonchev–Trinajstić information content (AvgIpc) is 2.13. The second-order valence-electron chi connectivity index (χ2n) is 5.55. The Balaban J connectivity index is 2.85. The lowest BCUT2D eigenvalue weighted by molar-refractivity contribution is -0.165. The summed E-state index contributed by atoms with van der Waals surface area (Å²) < 4.78 is 37.9. The standard InChI is InChI=1S/C11H19F3N2O2/c1-10(2,3)16(9(17)18)7-4-5-15-8(6-7)11(12,13)14/h7-8,15H,4-6H2,1-3H3,(H,17,18). The number of rotatable bonds is 1. The number of hydrogen-bond acceptors (Lipinski definition) is 2. The van der Waals surface area contributed by atoms with Gasteiger partial charge in [-0.05, 0) is 40.2 Å². The number of alkyl halides is 3. The number of nitrogens with one attached hydrogen (secondary N) is 1. The van der Waals surface area contributed by atoms with E-state index >= 15 is 0 Å². The van der Waals surface area contributed by atoms with Crippen LogP contribution in [-0.2, 0) is 0 Å². The van der Waals surface area contributed by atoms with E-state index in [1.165, 1.54) is 0 Å². The monoisotopic (exact) mass is 268 g/mol. The molecule has 1 amide bonds. The van der Waals surface area contributed by atoms with Gasteiger partial charge in [0, 0.05) is 11.6 Å². The maximum atomic E-state index is 12.6. The van der Waals surface area contributed by atoms with Gasteiger partial charge in [-0.2, -0.15) is 13.2 Å². The minimum Gasteiger partial charge on any atom is -0.465 e. The molecule has 2 N–H and O–H groups in total. The zero-order valence-corrected chi connectivity index (χ0v) is 10.7. The zero-order valence-electron chi connectivity index (χ0n) is 10.7. The summed E-state index contributed by atoms with van der Waals surface area (Å²) in [5.41, 5.74) is -0.704. The molecule has 106 valence electrons. The first-order valence-electron chi connectivity index (χ1n) is 5.86. The molecule has 1 rings (SSSR count). The number of amides is 1. The first kappa shape index (κ1) is 15.1. The van der Waals surface area contributed by atoms with Crippen LogP contribution < -0.4 is 5.32 Å². The number of nitrogens with zero attached hydrogens (tertiary/aromatic N) is 1. The van der Waals surface area contributed by atoms with Crippen LogP contribution in [0, 0.1) is 0 Å². The Morgan fingerprint density at radius 2 is 1.89 bits per heavy atom. The lowest BCUT2D eigenvalue weighted by Crippen LogP contribution is -2.58. The highest BCUT2D eigenvalue weighted by Gasteiger charge is 2.45. The van der Waals surface area contributed by atoms with Gasteiger partial charge in [0.2, 0.25) is 0 Å². The van der Waals surface area contributed by atoms with Crippen molar-refractivity contribution < 1.29 is 23.1 Å². The van der Waals surface area contributed by atoms with Crippen molar-refractivity contribution in [1.29, 1.82) is 0 Å². The number of carboxylic acid groups (broad SMARTS) is 1. The highest BCUT2D eigenvalue weighted by atomic mass is 19.4. The summed E-state index contributed by atoms with van der Waals surface area (Å²) in [6.07, 6.45) is -5.33. The molecule has 2 unspecified atom stereocenters. The largest absolute Gasteiger partial charge is 0.465 e. The van der Waals surface area contributed by atoms with Crippen LogP contribution in [0.4, 0.5) is 18.0 Å². The molecule has 4 nitrogen and oxygen atoms in total. The lowest BCUT2D eigenvalue weighted by Gasteiger charge is -2.43. The van der Waals surface area contributed by atoms with Gasteiger partial charge in [-0.3, -0.25) is 0 Å². The molecule has 0 bridgehead atoms. The third kappa shape index (κ3) is 3.51. The van der Waals surface area contributed by atoms with E-state index in [4.69, 9.17) is 0 Å². The van der Waals surface area contributed by atoms with Crippen molar-refractivity contribution in [3.05, 3.63) is 0 Å². The van der Waals surface area contributed by atoms with Gasteiger partial charge in [0.25, 0.3) is 0 Å². The molecule has 7 heteroatoms. The van der Waals surface area contributed by atoms with E-state index < -0.39 is 29.9 Å². The summed E-state index contributed by atoms with van der Waals surface area (Å²) in [7, 11) is 0. The minimum absolute atomic E-state index is 0.175. The normalized spacial score (nSPS) is 25.9. The minimum atomic E-state index is -4.33. The van der Waals surface area contributed by atoms with Crippen LogP contribution in [0.2, 0.25) is 0 Å². The predicted octanol–water partition coefficient (Wildman–Crippen LogP) is 2.45. The average molecular weight is 268 g/mol. The number of halogens is 3. The van der Waals surface area contributed by atoms with Crippen LogP contribution in [0.3, 0.4) is 0 Å². The highest BCUT2D eigenvalue weighted by Crippen LogP contribution is 2.31. The van der Waals surface area contributed by atoms with E-state index in [0.717, 1.165) is 4.90 Å². The Bertz CT molecular complexity index is 312. The van der Waals surface area contributed by atoms with Crippen LogP contribution >= 0.6 is 0 Å². The molecule has 1 heterocycles. The van der Waals surface area contributed by atoms with E-state index in [1.54, 1.807) is 20.8 Å². The van der Waals surface area contributed by atoms with Crippen LogP contribution in [0.15, 0.2) is 0 Å². The molecular weight excluding hydrogens is 249 g/mol. The van der Waals surface area contributed by atoms with E-state index in [-0.39, 0.29) is 13.0 Å². The molecule has 1 fully saturated rings. The fourth-order valence-electron chi connectivity index (χ4n) is 2.37. The molecule has 0 spiro atoms. The number of piperidine rings is 1. The molecule has 2 atom stereocenters. The predicted molar refractivity (Wildman–Crippen MR) is 60.5 cm³/mol. The summed E-state index contributed by atoms with van der Waals surface area (Å²) in [5, 5.41) is 11.6. The maximum Gasteiger partial charge on any atom is 0.407 e. The van der Waals surface area contributed by atoms with Crippen LogP contribution in [-0.4, -0.2) is 46.4 Å². The molecule has 1 aliphatic rings. The summed E-state index contributed by atoms with van der Waals surface area (Å²) in [6, 6.07) is -2.23. The molecule has 0 aromatic heterocycles. The maximum absolute atomic E-state index is 12.6. The fourth-order valence-corrected chi connectivity index (χ4v) is 2.37. The van der Waals surface area contributed by atoms with Gasteiger partial charge in [0.15, 0.2) is 0 Å². The zero-order chi connectivity index (χ0) is 14.1. The topological polar surface area (TPSA) is 52.6 Å². The van der Waals surface area contributed by atoms with Gasteiger partial charge in [-0.15, -0.1) is 0 Å². The molecule has 18 heavy (non-hydrogen) atoms. The Labute approximate surface area is 104 Å². The molecule has 1 aliphatic heterocycles. The molecule has 1 saturated heterocycles. The van der Waals surface area contributed by atoms with E-state index in [2.05, 4.69) is 5.32 Å². The van der Waals surface area contributed by atoms with Crippen molar-refractivity contribution in [2.45, 2.75) is 57.4 Å². The second kappa shape index (κ2) is 4.95. The molecule has 0 radical (unpaired) electrons. The lowest BCUT2D eigenvalue weighted by atomic mass is 9.93. The highest BCUT2D eigenvalue weighted by molar-refractivity contribution is 5.66. The smallest absolute Gasteiger partial charge is 0.407 e. The SMILES string of the molecule is CC(C)(C)N(C(=O)O)C1CCNC(C(F)(F)F)C1. The van der Waals surface area contributed by atoms with Gasteiger partial charge >= 0.3 is 12.3 Å². The Hall–Kier alpha value is -0.980. The Kier molecular flexibility index (Phi) is 4.15. The molecular formula is C11H19F3N2O2. The van der Waals surface area contributed by atoms with Crippen molar-refractivity contribution in [2.24, 2.45) is 0 Å². The van der Waals surface area contributed by atoms with Gasteiger partial charge < -0.3 is 15.3 Å². The molecule has 0 aromatic rings. The van der Waals surface area contributed by atoms with Crippen molar-refractivity contribution >= 4 is 6.09 Å².